The van der Waals surface area contributed by atoms with Crippen molar-refractivity contribution in [1.82, 2.24) is 0 Å². The zero-order valence-electron chi connectivity index (χ0n) is 10.9. The van der Waals surface area contributed by atoms with Crippen molar-refractivity contribution >= 4 is 0 Å². The Balaban J connectivity index is 1.99. The highest BCUT2D eigenvalue weighted by Crippen LogP contribution is 2.53. The van der Waals surface area contributed by atoms with Gasteiger partial charge < -0.3 is 14.3 Å². The van der Waals surface area contributed by atoms with Gasteiger partial charge in [-0.25, -0.2) is 0 Å². The Hall–Kier alpha value is -1.06. The highest BCUT2D eigenvalue weighted by Gasteiger charge is 2.50. The zero-order valence-corrected chi connectivity index (χ0v) is 10.9. The van der Waals surface area contributed by atoms with Gasteiger partial charge in [0.25, 0.3) is 0 Å². The number of hydrogen-bond donors (Lipinski definition) is 1. The molecule has 0 saturated carbocycles. The molecule has 3 heteroatoms. The van der Waals surface area contributed by atoms with E-state index in [0.717, 1.165) is 12.2 Å². The second-order valence-corrected chi connectivity index (χ2v) is 5.73. The molecule has 2 aliphatic rings. The Morgan fingerprint density at radius 1 is 1.50 bits per heavy atom. The quantitative estimate of drug-likeness (QED) is 0.818. The van der Waals surface area contributed by atoms with Gasteiger partial charge in [-0.1, -0.05) is 18.6 Å². The van der Waals surface area contributed by atoms with Crippen LogP contribution in [0.3, 0.4) is 0 Å². The van der Waals surface area contributed by atoms with Gasteiger partial charge >= 0.3 is 0 Å². The first-order valence-electron chi connectivity index (χ1n) is 6.60. The molecule has 1 fully saturated rings. The molecule has 4 unspecified atom stereocenters. The lowest BCUT2D eigenvalue weighted by Crippen LogP contribution is -2.50. The minimum atomic E-state index is -0.104. The minimum Gasteiger partial charge on any atom is -0.467 e. The lowest BCUT2D eigenvalue weighted by Gasteiger charge is -2.51. The number of hydrogen-bond acceptors (Lipinski definition) is 3. The van der Waals surface area contributed by atoms with Crippen LogP contribution in [0.2, 0.25) is 0 Å². The van der Waals surface area contributed by atoms with Crippen LogP contribution in [0.15, 0.2) is 34.5 Å². The number of aliphatic hydroxyl groups is 1. The molecule has 98 valence electrons. The molecular formula is C15H20O3. The average Bonchev–Trinajstić information content (AvgIpc) is 2.88. The Kier molecular flexibility index (Phi) is 2.83. The second kappa shape index (κ2) is 4.25. The van der Waals surface area contributed by atoms with Crippen LogP contribution >= 0.6 is 0 Å². The molecule has 0 amide bonds. The largest absolute Gasteiger partial charge is 0.467 e. The van der Waals surface area contributed by atoms with Crippen molar-refractivity contribution < 1.29 is 14.3 Å². The van der Waals surface area contributed by atoms with Crippen LogP contribution in [0.5, 0.6) is 0 Å². The Labute approximate surface area is 107 Å². The molecule has 1 N–H and O–H groups in total. The molecule has 3 nitrogen and oxygen atoms in total. The monoisotopic (exact) mass is 248 g/mol. The lowest BCUT2D eigenvalue weighted by atomic mass is 9.60. The van der Waals surface area contributed by atoms with Gasteiger partial charge in [0.05, 0.1) is 19.5 Å². The third-order valence-electron chi connectivity index (χ3n) is 4.88. The molecule has 0 radical (unpaired) electrons. The van der Waals surface area contributed by atoms with Gasteiger partial charge in [-0.05, 0) is 31.4 Å². The molecule has 4 atom stereocenters. The highest BCUT2D eigenvalue weighted by atomic mass is 16.5. The van der Waals surface area contributed by atoms with E-state index in [1.165, 1.54) is 5.57 Å². The smallest absolute Gasteiger partial charge is 0.133 e. The van der Waals surface area contributed by atoms with Crippen molar-refractivity contribution in [2.45, 2.75) is 26.4 Å². The van der Waals surface area contributed by atoms with Crippen LogP contribution in [0, 0.1) is 17.3 Å². The predicted octanol–water partition coefficient (Wildman–Crippen LogP) is 2.93. The maximum Gasteiger partial charge on any atom is 0.133 e. The number of allylic oxidation sites excluding steroid dienone is 1. The number of rotatable bonds is 2. The fraction of sp³-hybridized carbons (Fsp3) is 0.600. The molecule has 3 rings (SSSR count). The summed E-state index contributed by atoms with van der Waals surface area (Å²) in [4.78, 5) is 0. The van der Waals surface area contributed by atoms with Crippen molar-refractivity contribution in [2.75, 3.05) is 13.2 Å². The van der Waals surface area contributed by atoms with E-state index in [1.54, 1.807) is 6.26 Å². The second-order valence-electron chi connectivity index (χ2n) is 5.73. The molecule has 0 aromatic carbocycles. The van der Waals surface area contributed by atoms with E-state index < -0.39 is 0 Å². The molecule has 18 heavy (non-hydrogen) atoms. The van der Waals surface area contributed by atoms with Crippen LogP contribution < -0.4 is 0 Å². The molecule has 1 aromatic heterocycles. The lowest BCUT2D eigenvalue weighted by molar-refractivity contribution is -0.154. The van der Waals surface area contributed by atoms with Crippen LogP contribution in [0.1, 0.15) is 32.1 Å². The van der Waals surface area contributed by atoms with Crippen molar-refractivity contribution in [3.05, 3.63) is 35.8 Å². The standard InChI is InChI=1S/C15H20O3/c1-10-5-6-15(8-16)9-18-14(13(10)11(15)2)12-4-3-7-17-12/h3-5,7,11,13-14,16H,6,8-9H2,1-2H3. The van der Waals surface area contributed by atoms with Crippen molar-refractivity contribution in [3.8, 4) is 0 Å². The van der Waals surface area contributed by atoms with Crippen LogP contribution in [0.4, 0.5) is 0 Å². The summed E-state index contributed by atoms with van der Waals surface area (Å²) >= 11 is 0. The Morgan fingerprint density at radius 2 is 2.33 bits per heavy atom. The normalized spacial score (nSPS) is 39.5. The molecule has 1 aliphatic carbocycles. The SMILES string of the molecule is CC1=CCC2(CO)COC(c3ccco3)C1C2C. The summed E-state index contributed by atoms with van der Waals surface area (Å²) in [7, 11) is 0. The van der Waals surface area contributed by atoms with Gasteiger partial charge in [0.2, 0.25) is 0 Å². The topological polar surface area (TPSA) is 42.6 Å². The zero-order chi connectivity index (χ0) is 12.8. The summed E-state index contributed by atoms with van der Waals surface area (Å²) in [5.74, 6) is 1.62. The number of fused-ring (bicyclic) bond motifs is 2. The van der Waals surface area contributed by atoms with E-state index in [-0.39, 0.29) is 18.1 Å². The molecule has 2 heterocycles. The maximum atomic E-state index is 9.73. The third kappa shape index (κ3) is 1.57. The average molecular weight is 248 g/mol. The van der Waals surface area contributed by atoms with Crippen LogP contribution in [0.25, 0.3) is 0 Å². The Bertz CT molecular complexity index is 448. The number of furan rings is 1. The van der Waals surface area contributed by atoms with E-state index in [0.29, 0.717) is 18.4 Å². The molecule has 0 spiro atoms. The van der Waals surface area contributed by atoms with E-state index in [9.17, 15) is 5.11 Å². The van der Waals surface area contributed by atoms with E-state index in [2.05, 4.69) is 19.9 Å². The van der Waals surface area contributed by atoms with Crippen LogP contribution in [-0.4, -0.2) is 18.3 Å². The fourth-order valence-electron chi connectivity index (χ4n) is 3.48. The van der Waals surface area contributed by atoms with E-state index in [1.807, 2.05) is 12.1 Å². The third-order valence-corrected chi connectivity index (χ3v) is 4.88. The fourth-order valence-corrected chi connectivity index (χ4v) is 3.48. The first-order valence-corrected chi connectivity index (χ1v) is 6.60. The summed E-state index contributed by atoms with van der Waals surface area (Å²) in [5, 5.41) is 9.73. The first-order chi connectivity index (χ1) is 8.68. The van der Waals surface area contributed by atoms with Crippen molar-refractivity contribution in [3.63, 3.8) is 0 Å². The minimum absolute atomic E-state index is 0.00813. The van der Waals surface area contributed by atoms with Gasteiger partial charge in [0.15, 0.2) is 0 Å². The van der Waals surface area contributed by atoms with E-state index in [4.69, 9.17) is 9.15 Å². The van der Waals surface area contributed by atoms with Crippen molar-refractivity contribution in [1.29, 1.82) is 0 Å². The van der Waals surface area contributed by atoms with Gasteiger partial charge in [0, 0.05) is 11.3 Å². The van der Waals surface area contributed by atoms with E-state index >= 15 is 0 Å². The summed E-state index contributed by atoms with van der Waals surface area (Å²) in [6.07, 6.45) is 4.86. The van der Waals surface area contributed by atoms with Gasteiger partial charge in [-0.3, -0.25) is 0 Å². The number of ether oxygens (including phenoxy) is 1. The maximum absolute atomic E-state index is 9.73. The summed E-state index contributed by atoms with van der Waals surface area (Å²) in [5.41, 5.74) is 1.25. The van der Waals surface area contributed by atoms with Gasteiger partial charge in [-0.2, -0.15) is 0 Å². The highest BCUT2D eigenvalue weighted by molar-refractivity contribution is 5.21. The summed E-state index contributed by atoms with van der Waals surface area (Å²) in [6, 6.07) is 3.88. The van der Waals surface area contributed by atoms with Crippen LogP contribution in [-0.2, 0) is 4.74 Å². The summed E-state index contributed by atoms with van der Waals surface area (Å²) < 4.78 is 11.5. The van der Waals surface area contributed by atoms with Gasteiger partial charge in [0.1, 0.15) is 11.9 Å². The van der Waals surface area contributed by atoms with Crippen molar-refractivity contribution in [2.24, 2.45) is 17.3 Å². The predicted molar refractivity (Wildman–Crippen MR) is 67.9 cm³/mol. The molecule has 1 aliphatic heterocycles. The number of aliphatic hydroxyl groups excluding tert-OH is 1. The molecular weight excluding hydrogens is 228 g/mol. The molecule has 1 aromatic rings. The molecule has 2 bridgehead atoms. The molecule has 1 saturated heterocycles. The first kappa shape index (κ1) is 12.0. The van der Waals surface area contributed by atoms with Gasteiger partial charge in [-0.15, -0.1) is 0 Å². The Morgan fingerprint density at radius 3 is 3.00 bits per heavy atom. The summed E-state index contributed by atoms with van der Waals surface area (Å²) in [6.45, 7) is 5.19.